The maximum absolute atomic E-state index is 10.5. The van der Waals surface area contributed by atoms with Gasteiger partial charge in [0.25, 0.3) is 5.56 Å². The Labute approximate surface area is 55.0 Å². The van der Waals surface area contributed by atoms with Gasteiger partial charge in [0.1, 0.15) is 0 Å². The van der Waals surface area contributed by atoms with Crippen LogP contribution in [0.4, 0.5) is 0 Å². The van der Waals surface area contributed by atoms with Crippen LogP contribution in [0.25, 0.3) is 0 Å². The maximum Gasteiger partial charge on any atom is 0.307 e. The zero-order chi connectivity index (χ0) is 6.85. The molecular formula is C5H5NO2S. The van der Waals surface area contributed by atoms with Gasteiger partial charge in [0, 0.05) is 10.9 Å². The van der Waals surface area contributed by atoms with E-state index in [2.05, 4.69) is 4.98 Å². The van der Waals surface area contributed by atoms with Gasteiger partial charge in [-0.05, 0) is 6.92 Å². The number of hydrogen-bond acceptors (Lipinski definition) is 3. The molecule has 0 aromatic carbocycles. The molecule has 0 bridgehead atoms. The molecule has 1 rings (SSSR count). The second-order valence-corrected chi connectivity index (χ2v) is 2.85. The number of H-pyrrole nitrogens is 1. The number of rotatable bonds is 0. The molecule has 4 heteroatoms. The summed E-state index contributed by atoms with van der Waals surface area (Å²) in [5.41, 5.74) is -0.323. The van der Waals surface area contributed by atoms with E-state index in [0.29, 0.717) is 0 Å². The third-order valence-corrected chi connectivity index (χ3v) is 1.54. The summed E-state index contributed by atoms with van der Waals surface area (Å²) in [7, 11) is 0. The summed E-state index contributed by atoms with van der Waals surface area (Å²) >= 11 is 1.04. The van der Waals surface area contributed by atoms with Gasteiger partial charge in [0.15, 0.2) is 0 Å². The Morgan fingerprint density at radius 1 is 1.56 bits per heavy atom. The summed E-state index contributed by atoms with van der Waals surface area (Å²) < 4.78 is 0. The predicted octanol–water partition coefficient (Wildman–Crippen LogP) is 0.105. The molecule has 1 heterocycles. The summed E-state index contributed by atoms with van der Waals surface area (Å²) in [6.07, 6.45) is 0. The van der Waals surface area contributed by atoms with Crippen LogP contribution >= 0.6 is 11.3 Å². The van der Waals surface area contributed by atoms with Crippen LogP contribution in [-0.2, 0) is 0 Å². The Kier molecular flexibility index (Phi) is 1.48. The highest BCUT2D eigenvalue weighted by Gasteiger charge is 1.88. The lowest BCUT2D eigenvalue weighted by Gasteiger charge is -1.82. The molecule has 0 saturated carbocycles. The highest BCUT2D eigenvalue weighted by molar-refractivity contribution is 7.08. The van der Waals surface area contributed by atoms with Crippen LogP contribution in [0.2, 0.25) is 0 Å². The van der Waals surface area contributed by atoms with E-state index >= 15 is 0 Å². The lowest BCUT2D eigenvalue weighted by Crippen LogP contribution is -2.14. The summed E-state index contributed by atoms with van der Waals surface area (Å²) in [6, 6.07) is 1.39. The first-order chi connectivity index (χ1) is 4.18. The molecule has 0 saturated heterocycles. The molecule has 0 fully saturated rings. The molecule has 0 aliphatic carbocycles. The van der Waals surface area contributed by atoms with Crippen molar-refractivity contribution in [2.24, 2.45) is 0 Å². The Morgan fingerprint density at radius 2 is 2.22 bits per heavy atom. The Hall–Kier alpha value is -0.900. The van der Waals surface area contributed by atoms with Crippen molar-refractivity contribution >= 4 is 11.3 Å². The minimum Gasteiger partial charge on any atom is -0.280 e. The highest BCUT2D eigenvalue weighted by atomic mass is 32.1. The maximum atomic E-state index is 10.5. The molecule has 0 aliphatic rings. The highest BCUT2D eigenvalue weighted by Crippen LogP contribution is 1.90. The molecule has 48 valence electrons. The Balaban J connectivity index is 3.52. The van der Waals surface area contributed by atoms with Crippen LogP contribution in [0, 0.1) is 6.92 Å². The van der Waals surface area contributed by atoms with E-state index < -0.39 is 0 Å². The van der Waals surface area contributed by atoms with E-state index in [1.165, 1.54) is 6.07 Å². The lowest BCUT2D eigenvalue weighted by molar-refractivity contribution is 1.21. The van der Waals surface area contributed by atoms with Crippen molar-refractivity contribution in [2.75, 3.05) is 0 Å². The van der Waals surface area contributed by atoms with Crippen molar-refractivity contribution in [1.82, 2.24) is 4.98 Å². The molecule has 0 amide bonds. The Morgan fingerprint density at radius 3 is 2.67 bits per heavy atom. The number of aromatic nitrogens is 1. The molecule has 1 N–H and O–H groups in total. The van der Waals surface area contributed by atoms with E-state index in [1.807, 2.05) is 0 Å². The van der Waals surface area contributed by atoms with Crippen molar-refractivity contribution in [3.63, 3.8) is 0 Å². The van der Waals surface area contributed by atoms with Crippen LogP contribution in [0.3, 0.4) is 0 Å². The Bertz CT molecular complexity index is 283. The van der Waals surface area contributed by atoms with Crippen molar-refractivity contribution in [3.05, 3.63) is 31.0 Å². The molecule has 9 heavy (non-hydrogen) atoms. The number of aromatic amines is 1. The van der Waals surface area contributed by atoms with Crippen LogP contribution in [-0.4, -0.2) is 4.98 Å². The third kappa shape index (κ3) is 1.50. The first-order valence-corrected chi connectivity index (χ1v) is 3.21. The van der Waals surface area contributed by atoms with E-state index in [0.717, 1.165) is 16.2 Å². The fourth-order valence-corrected chi connectivity index (χ4v) is 1.13. The van der Waals surface area contributed by atoms with E-state index in [-0.39, 0.29) is 10.4 Å². The van der Waals surface area contributed by atoms with Gasteiger partial charge in [-0.25, -0.2) is 0 Å². The minimum atomic E-state index is -0.323. The summed E-state index contributed by atoms with van der Waals surface area (Å²) in [5, 5.41) is 0. The second kappa shape index (κ2) is 2.14. The molecule has 0 radical (unpaired) electrons. The van der Waals surface area contributed by atoms with Gasteiger partial charge in [-0.15, -0.1) is 0 Å². The van der Waals surface area contributed by atoms with Crippen molar-refractivity contribution in [2.45, 2.75) is 6.92 Å². The first-order valence-electron chi connectivity index (χ1n) is 2.39. The molecule has 0 unspecified atom stereocenters. The van der Waals surface area contributed by atoms with Crippen LogP contribution in [0.5, 0.6) is 0 Å². The lowest BCUT2D eigenvalue weighted by atomic mass is 10.5. The van der Waals surface area contributed by atoms with E-state index in [1.54, 1.807) is 6.92 Å². The van der Waals surface area contributed by atoms with Gasteiger partial charge in [-0.1, -0.05) is 11.3 Å². The smallest absolute Gasteiger partial charge is 0.280 e. The fraction of sp³-hybridized carbons (Fsp3) is 0.200. The van der Waals surface area contributed by atoms with E-state index in [4.69, 9.17) is 0 Å². The minimum absolute atomic E-state index is 0.292. The quantitative estimate of drug-likeness (QED) is 0.560. The standard InChI is InChI=1S/C5H5NO2S/c1-3-2-4(7)6-5(8)9-3/h2H,1H3,(H,6,7,8). The summed E-state index contributed by atoms with van der Waals surface area (Å²) in [4.78, 5) is 23.5. The zero-order valence-electron chi connectivity index (χ0n) is 4.80. The summed E-state index contributed by atoms with van der Waals surface area (Å²) in [6.45, 7) is 1.72. The van der Waals surface area contributed by atoms with E-state index in [9.17, 15) is 9.59 Å². The van der Waals surface area contributed by atoms with Gasteiger partial charge in [0.2, 0.25) is 0 Å². The van der Waals surface area contributed by atoms with Gasteiger partial charge >= 0.3 is 4.87 Å². The average Bonchev–Trinajstić information content (AvgIpc) is 1.59. The van der Waals surface area contributed by atoms with Gasteiger partial charge in [-0.2, -0.15) is 0 Å². The first kappa shape index (κ1) is 6.22. The fourth-order valence-electron chi connectivity index (χ4n) is 0.522. The van der Waals surface area contributed by atoms with Crippen LogP contribution in [0.1, 0.15) is 4.88 Å². The van der Waals surface area contributed by atoms with Crippen molar-refractivity contribution < 1.29 is 0 Å². The molecule has 1 aromatic heterocycles. The largest absolute Gasteiger partial charge is 0.307 e. The van der Waals surface area contributed by atoms with Gasteiger partial charge < -0.3 is 0 Å². The summed E-state index contributed by atoms with van der Waals surface area (Å²) in [5.74, 6) is 0. The molecule has 3 nitrogen and oxygen atoms in total. The monoisotopic (exact) mass is 143 g/mol. The molecule has 0 atom stereocenters. The molecule has 0 spiro atoms. The topological polar surface area (TPSA) is 49.9 Å². The molecule has 1 aromatic rings. The van der Waals surface area contributed by atoms with Crippen molar-refractivity contribution in [1.29, 1.82) is 0 Å². The zero-order valence-corrected chi connectivity index (χ0v) is 5.62. The third-order valence-electron chi connectivity index (χ3n) is 0.813. The number of nitrogens with one attached hydrogen (secondary N) is 1. The van der Waals surface area contributed by atoms with Gasteiger partial charge in [-0.3, -0.25) is 14.6 Å². The number of hydrogen-bond donors (Lipinski definition) is 1. The number of aryl methyl sites for hydroxylation is 1. The molecular weight excluding hydrogens is 138 g/mol. The predicted molar refractivity (Wildman–Crippen MR) is 35.9 cm³/mol. The van der Waals surface area contributed by atoms with Crippen LogP contribution < -0.4 is 10.4 Å². The SMILES string of the molecule is Cc1cc(=O)[nH]c(=O)s1. The molecule has 0 aliphatic heterocycles. The average molecular weight is 143 g/mol. The second-order valence-electron chi connectivity index (χ2n) is 1.63. The van der Waals surface area contributed by atoms with Crippen molar-refractivity contribution in [3.8, 4) is 0 Å². The normalized spacial score (nSPS) is 9.44. The van der Waals surface area contributed by atoms with Crippen LogP contribution in [0.15, 0.2) is 15.7 Å². The van der Waals surface area contributed by atoms with Gasteiger partial charge in [0.05, 0.1) is 0 Å².